The highest BCUT2D eigenvalue weighted by Gasteiger charge is 2.45. The summed E-state index contributed by atoms with van der Waals surface area (Å²) in [5, 5.41) is 0.730. The highest BCUT2D eigenvalue weighted by atomic mass is 35.5. The van der Waals surface area contributed by atoms with Gasteiger partial charge in [0, 0.05) is 29.1 Å². The first-order chi connectivity index (χ1) is 12.6. The minimum Gasteiger partial charge on any atom is -0.489 e. The van der Waals surface area contributed by atoms with Gasteiger partial charge in [0.1, 0.15) is 6.61 Å². The Morgan fingerprint density at radius 2 is 1.96 bits per heavy atom. The molecule has 0 amide bonds. The number of fused-ring (bicyclic) bond motifs is 1. The van der Waals surface area contributed by atoms with Crippen molar-refractivity contribution in [1.29, 1.82) is 0 Å². The molecule has 0 saturated heterocycles. The lowest BCUT2D eigenvalue weighted by atomic mass is 9.59. The van der Waals surface area contributed by atoms with Gasteiger partial charge >= 0.3 is 0 Å². The molecule has 0 radical (unpaired) electrons. The van der Waals surface area contributed by atoms with Crippen molar-refractivity contribution < 1.29 is 9.13 Å². The number of hydrogen-bond acceptors (Lipinski definition) is 3. The largest absolute Gasteiger partial charge is 0.489 e. The zero-order valence-electron chi connectivity index (χ0n) is 14.6. The van der Waals surface area contributed by atoms with Crippen molar-refractivity contribution in [2.75, 3.05) is 19.7 Å². The van der Waals surface area contributed by atoms with Gasteiger partial charge in [0.05, 0.1) is 5.71 Å². The first-order valence-corrected chi connectivity index (χ1v) is 9.48. The van der Waals surface area contributed by atoms with E-state index in [2.05, 4.69) is 12.1 Å². The molecule has 2 aliphatic rings. The van der Waals surface area contributed by atoms with Crippen molar-refractivity contribution >= 4 is 17.3 Å². The number of ether oxygens (including phenoxy) is 1. The standard InChI is InChI=1S/C21H22ClFN2O/c22-16-4-2-15(3-5-16)21(7-1-8-21)20-17-13-19(26-11-9-24)18(23)12-14(17)6-10-25-20/h2-5,12-13H,1,6-11,24H2. The molecule has 2 N–H and O–H groups in total. The molecule has 0 unspecified atom stereocenters. The van der Waals surface area contributed by atoms with Gasteiger partial charge in [-0.05, 0) is 54.7 Å². The predicted octanol–water partition coefficient (Wildman–Crippen LogP) is 4.28. The van der Waals surface area contributed by atoms with E-state index in [1.165, 1.54) is 5.56 Å². The van der Waals surface area contributed by atoms with Crippen molar-refractivity contribution in [2.45, 2.75) is 31.1 Å². The van der Waals surface area contributed by atoms with E-state index in [9.17, 15) is 4.39 Å². The van der Waals surface area contributed by atoms with E-state index in [4.69, 9.17) is 27.1 Å². The van der Waals surface area contributed by atoms with Gasteiger partial charge in [-0.1, -0.05) is 30.2 Å². The summed E-state index contributed by atoms with van der Waals surface area (Å²) >= 11 is 6.08. The average Bonchev–Trinajstić information content (AvgIpc) is 2.61. The third-order valence-electron chi connectivity index (χ3n) is 5.50. The summed E-state index contributed by atoms with van der Waals surface area (Å²) in [5.41, 5.74) is 9.70. The summed E-state index contributed by atoms with van der Waals surface area (Å²) in [6.07, 6.45) is 4.00. The minimum atomic E-state index is -0.326. The Morgan fingerprint density at radius 3 is 2.62 bits per heavy atom. The molecule has 1 aliphatic carbocycles. The maximum atomic E-state index is 14.4. The van der Waals surface area contributed by atoms with E-state index in [1.54, 1.807) is 6.07 Å². The van der Waals surface area contributed by atoms with E-state index < -0.39 is 0 Å². The Labute approximate surface area is 158 Å². The molecule has 2 aromatic carbocycles. The fourth-order valence-corrected chi connectivity index (χ4v) is 4.17. The Morgan fingerprint density at radius 1 is 1.19 bits per heavy atom. The van der Waals surface area contributed by atoms with Crippen molar-refractivity contribution in [3.05, 3.63) is 63.9 Å². The van der Waals surface area contributed by atoms with Crippen LogP contribution in [0.5, 0.6) is 5.75 Å². The number of halogens is 2. The van der Waals surface area contributed by atoms with Gasteiger partial charge in [-0.25, -0.2) is 4.39 Å². The van der Waals surface area contributed by atoms with Gasteiger partial charge in [0.2, 0.25) is 0 Å². The van der Waals surface area contributed by atoms with E-state index in [0.29, 0.717) is 19.7 Å². The molecule has 0 spiro atoms. The lowest BCUT2D eigenvalue weighted by molar-refractivity contribution is 0.310. The van der Waals surface area contributed by atoms with E-state index in [0.717, 1.165) is 47.5 Å². The molecular formula is C21H22ClFN2O. The molecule has 1 aliphatic heterocycles. The van der Waals surface area contributed by atoms with Crippen LogP contribution in [0.3, 0.4) is 0 Å². The lowest BCUT2D eigenvalue weighted by Crippen LogP contribution is -2.44. The Bertz CT molecular complexity index is 844. The zero-order valence-corrected chi connectivity index (χ0v) is 15.4. The van der Waals surface area contributed by atoms with Crippen LogP contribution in [0.25, 0.3) is 0 Å². The number of nitrogens with zero attached hydrogens (tertiary/aromatic N) is 1. The molecule has 1 heterocycles. The van der Waals surface area contributed by atoms with Crippen molar-refractivity contribution in [1.82, 2.24) is 0 Å². The van der Waals surface area contributed by atoms with Gasteiger partial charge in [0.25, 0.3) is 0 Å². The number of aliphatic imine (C=N–C) groups is 1. The molecule has 5 heteroatoms. The molecule has 4 rings (SSSR count). The summed E-state index contributed by atoms with van der Waals surface area (Å²) in [6, 6.07) is 11.5. The lowest BCUT2D eigenvalue weighted by Gasteiger charge is -2.45. The summed E-state index contributed by atoms with van der Waals surface area (Å²) < 4.78 is 19.9. The topological polar surface area (TPSA) is 47.6 Å². The van der Waals surface area contributed by atoms with Crippen molar-refractivity contribution in [3.8, 4) is 5.75 Å². The molecule has 3 nitrogen and oxygen atoms in total. The van der Waals surface area contributed by atoms with Gasteiger partial charge in [0.15, 0.2) is 11.6 Å². The van der Waals surface area contributed by atoms with Gasteiger partial charge in [-0.3, -0.25) is 4.99 Å². The van der Waals surface area contributed by atoms with Gasteiger partial charge in [-0.15, -0.1) is 0 Å². The number of benzene rings is 2. The molecule has 1 fully saturated rings. The second-order valence-corrected chi connectivity index (χ2v) is 7.44. The predicted molar refractivity (Wildman–Crippen MR) is 103 cm³/mol. The normalized spacial score (nSPS) is 17.9. The quantitative estimate of drug-likeness (QED) is 0.851. The SMILES string of the molecule is NCCOc1cc2c(cc1F)CCN=C2C1(c2ccc(Cl)cc2)CCC1. The van der Waals surface area contributed by atoms with Crippen LogP contribution < -0.4 is 10.5 Å². The summed E-state index contributed by atoms with van der Waals surface area (Å²) in [5.74, 6) is -0.0676. The van der Waals surface area contributed by atoms with Gasteiger partial charge < -0.3 is 10.5 Å². The third-order valence-corrected chi connectivity index (χ3v) is 5.75. The van der Waals surface area contributed by atoms with Gasteiger partial charge in [-0.2, -0.15) is 0 Å². The first kappa shape index (κ1) is 17.5. The molecule has 26 heavy (non-hydrogen) atoms. The van der Waals surface area contributed by atoms with Crippen LogP contribution in [-0.4, -0.2) is 25.4 Å². The number of nitrogens with two attached hydrogens (primary N) is 1. The fraction of sp³-hybridized carbons (Fsp3) is 0.381. The average molecular weight is 373 g/mol. The summed E-state index contributed by atoms with van der Waals surface area (Å²) in [7, 11) is 0. The second-order valence-electron chi connectivity index (χ2n) is 7.00. The van der Waals surface area contributed by atoms with Crippen LogP contribution >= 0.6 is 11.6 Å². The number of hydrogen-bond donors (Lipinski definition) is 1. The van der Waals surface area contributed by atoms with Crippen LogP contribution in [0.2, 0.25) is 5.02 Å². The molecule has 1 saturated carbocycles. The maximum absolute atomic E-state index is 14.4. The molecule has 0 atom stereocenters. The molecule has 0 aromatic heterocycles. The van der Waals surface area contributed by atoms with Crippen LogP contribution in [0, 0.1) is 5.82 Å². The third kappa shape index (κ3) is 2.91. The highest BCUT2D eigenvalue weighted by Crippen LogP contribution is 2.48. The van der Waals surface area contributed by atoms with E-state index >= 15 is 0 Å². The van der Waals surface area contributed by atoms with Crippen LogP contribution in [0.4, 0.5) is 4.39 Å². The van der Waals surface area contributed by atoms with E-state index in [-0.39, 0.29) is 17.0 Å². The summed E-state index contributed by atoms with van der Waals surface area (Å²) in [6.45, 7) is 1.34. The van der Waals surface area contributed by atoms with Crippen LogP contribution in [0.1, 0.15) is 36.0 Å². The first-order valence-electron chi connectivity index (χ1n) is 9.11. The molecule has 136 valence electrons. The molecular weight excluding hydrogens is 351 g/mol. The fourth-order valence-electron chi connectivity index (χ4n) is 4.05. The highest BCUT2D eigenvalue weighted by molar-refractivity contribution is 6.30. The monoisotopic (exact) mass is 372 g/mol. The van der Waals surface area contributed by atoms with Crippen LogP contribution in [-0.2, 0) is 11.8 Å². The van der Waals surface area contributed by atoms with Crippen molar-refractivity contribution in [2.24, 2.45) is 10.7 Å². The van der Waals surface area contributed by atoms with Crippen LogP contribution in [0.15, 0.2) is 41.4 Å². The summed E-state index contributed by atoms with van der Waals surface area (Å²) in [4.78, 5) is 4.90. The molecule has 0 bridgehead atoms. The number of rotatable bonds is 5. The minimum absolute atomic E-state index is 0.108. The Balaban J connectivity index is 1.78. The van der Waals surface area contributed by atoms with Crippen molar-refractivity contribution in [3.63, 3.8) is 0 Å². The smallest absolute Gasteiger partial charge is 0.165 e. The molecule has 2 aromatic rings. The Kier molecular flexibility index (Phi) is 4.72. The Hall–Kier alpha value is -1.91. The maximum Gasteiger partial charge on any atom is 0.165 e. The zero-order chi connectivity index (χ0) is 18.1. The second kappa shape index (κ2) is 7.01. The van der Waals surface area contributed by atoms with E-state index in [1.807, 2.05) is 18.2 Å².